The lowest BCUT2D eigenvalue weighted by atomic mass is 9.91. The van der Waals surface area contributed by atoms with Gasteiger partial charge in [-0.15, -0.1) is 0 Å². The number of carbonyl (C=O) groups excluding carboxylic acids is 1. The van der Waals surface area contributed by atoms with Crippen LogP contribution in [0.1, 0.15) is 55.4 Å². The van der Waals surface area contributed by atoms with Gasteiger partial charge in [0.2, 0.25) is 0 Å². The fourth-order valence-corrected chi connectivity index (χ4v) is 3.77. The predicted octanol–water partition coefficient (Wildman–Crippen LogP) is 3.02. The Kier molecular flexibility index (Phi) is 4.13. The second-order valence-electron chi connectivity index (χ2n) is 7.58. The quantitative estimate of drug-likeness (QED) is 0.871. The highest BCUT2D eigenvalue weighted by molar-refractivity contribution is 5.71. The smallest absolute Gasteiger partial charge is 0.308 e. The second-order valence-corrected chi connectivity index (χ2v) is 7.58. The van der Waals surface area contributed by atoms with Crippen LogP contribution in [-0.2, 0) is 22.4 Å². The molecule has 23 heavy (non-hydrogen) atoms. The zero-order chi connectivity index (χ0) is 16.8. The minimum atomic E-state index is -0.568. The van der Waals surface area contributed by atoms with Crippen LogP contribution in [0.4, 0.5) is 0 Å². The molecule has 0 saturated carbocycles. The van der Waals surface area contributed by atoms with Crippen molar-refractivity contribution in [2.24, 2.45) is 0 Å². The Bertz CT molecular complexity index is 633. The van der Waals surface area contributed by atoms with E-state index in [0.29, 0.717) is 6.42 Å². The number of aliphatic hydroxyl groups is 1. The summed E-state index contributed by atoms with van der Waals surface area (Å²) in [5, 5.41) is 9.74. The third-order valence-corrected chi connectivity index (χ3v) is 4.87. The number of carbonyl (C=O) groups is 1. The van der Waals surface area contributed by atoms with Gasteiger partial charge in [0.15, 0.2) is 0 Å². The van der Waals surface area contributed by atoms with Gasteiger partial charge in [-0.3, -0.25) is 4.79 Å². The SMILES string of the molecule is Cc1cc(C)c2c(c1CC[C@H]1C[C@H](O)CC(=O)O1)OC(C)(C)C2. The summed E-state index contributed by atoms with van der Waals surface area (Å²) >= 11 is 0. The maximum Gasteiger partial charge on any atom is 0.308 e. The summed E-state index contributed by atoms with van der Waals surface area (Å²) in [6, 6.07) is 2.22. The van der Waals surface area contributed by atoms with Gasteiger partial charge in [-0.25, -0.2) is 0 Å². The summed E-state index contributed by atoms with van der Waals surface area (Å²) in [7, 11) is 0. The predicted molar refractivity (Wildman–Crippen MR) is 87.8 cm³/mol. The number of rotatable bonds is 3. The van der Waals surface area contributed by atoms with Crippen LogP contribution in [0.3, 0.4) is 0 Å². The Labute approximate surface area is 137 Å². The van der Waals surface area contributed by atoms with Crippen molar-refractivity contribution >= 4 is 5.97 Å². The number of aliphatic hydroxyl groups excluding tert-OH is 1. The van der Waals surface area contributed by atoms with Crippen molar-refractivity contribution in [1.82, 2.24) is 0 Å². The maximum atomic E-state index is 11.5. The van der Waals surface area contributed by atoms with Crippen LogP contribution in [0.5, 0.6) is 5.75 Å². The standard InChI is InChI=1S/C19H26O4/c1-11-7-12(2)16-10-19(3,4)23-18(16)15(11)6-5-14-8-13(20)9-17(21)22-14/h7,13-14,20H,5-6,8-10H2,1-4H3/t13-,14-/m0/s1. The van der Waals surface area contributed by atoms with E-state index in [4.69, 9.17) is 9.47 Å². The van der Waals surface area contributed by atoms with E-state index < -0.39 is 6.10 Å². The van der Waals surface area contributed by atoms with Gasteiger partial charge in [0.1, 0.15) is 17.5 Å². The lowest BCUT2D eigenvalue weighted by Crippen LogP contribution is -2.32. The van der Waals surface area contributed by atoms with E-state index in [9.17, 15) is 9.90 Å². The molecule has 4 heteroatoms. The van der Waals surface area contributed by atoms with Crippen molar-refractivity contribution in [2.45, 2.75) is 77.6 Å². The van der Waals surface area contributed by atoms with Gasteiger partial charge in [-0.2, -0.15) is 0 Å². The Hall–Kier alpha value is -1.55. The summed E-state index contributed by atoms with van der Waals surface area (Å²) < 4.78 is 11.6. The Morgan fingerprint density at radius 1 is 1.30 bits per heavy atom. The molecule has 4 nitrogen and oxygen atoms in total. The highest BCUT2D eigenvalue weighted by Gasteiger charge is 2.34. The molecule has 1 aromatic rings. The molecule has 126 valence electrons. The second kappa shape index (κ2) is 5.82. The van der Waals surface area contributed by atoms with Gasteiger partial charge in [-0.05, 0) is 57.2 Å². The Morgan fingerprint density at radius 3 is 2.74 bits per heavy atom. The van der Waals surface area contributed by atoms with E-state index in [2.05, 4.69) is 33.8 Å². The summed E-state index contributed by atoms with van der Waals surface area (Å²) in [5.74, 6) is 0.729. The molecular weight excluding hydrogens is 292 g/mol. The van der Waals surface area contributed by atoms with E-state index in [1.54, 1.807) is 0 Å². The Morgan fingerprint density at radius 2 is 2.04 bits per heavy atom. The molecule has 0 aromatic heterocycles. The molecule has 0 amide bonds. The average Bonchev–Trinajstić information content (AvgIpc) is 2.73. The first-order valence-electron chi connectivity index (χ1n) is 8.43. The van der Waals surface area contributed by atoms with Crippen LogP contribution in [0.15, 0.2) is 6.07 Å². The molecule has 0 aliphatic carbocycles. The fourth-order valence-electron chi connectivity index (χ4n) is 3.77. The minimum absolute atomic E-state index is 0.118. The number of hydrogen-bond donors (Lipinski definition) is 1. The summed E-state index contributed by atoms with van der Waals surface area (Å²) in [4.78, 5) is 11.5. The van der Waals surface area contributed by atoms with Gasteiger partial charge >= 0.3 is 5.97 Å². The highest BCUT2D eigenvalue weighted by atomic mass is 16.5. The monoisotopic (exact) mass is 318 g/mol. The van der Waals surface area contributed by atoms with Crippen molar-refractivity contribution in [2.75, 3.05) is 0 Å². The molecule has 2 heterocycles. The minimum Gasteiger partial charge on any atom is -0.487 e. The molecule has 2 aliphatic rings. The van der Waals surface area contributed by atoms with Crippen LogP contribution in [-0.4, -0.2) is 28.9 Å². The first kappa shape index (κ1) is 16.3. The van der Waals surface area contributed by atoms with Crippen molar-refractivity contribution in [1.29, 1.82) is 0 Å². The lowest BCUT2D eigenvalue weighted by molar-refractivity contribution is -0.160. The van der Waals surface area contributed by atoms with Gasteiger partial charge in [0.05, 0.1) is 12.5 Å². The van der Waals surface area contributed by atoms with Crippen LogP contribution < -0.4 is 4.74 Å². The molecule has 1 N–H and O–H groups in total. The number of cyclic esters (lactones) is 1. The average molecular weight is 318 g/mol. The van der Waals surface area contributed by atoms with E-state index in [1.807, 2.05) is 0 Å². The normalized spacial score (nSPS) is 25.7. The summed E-state index contributed by atoms with van der Waals surface area (Å²) in [6.07, 6.45) is 2.34. The highest BCUT2D eigenvalue weighted by Crippen LogP contribution is 2.41. The van der Waals surface area contributed by atoms with E-state index >= 15 is 0 Å². The molecule has 0 bridgehead atoms. The van der Waals surface area contributed by atoms with Gasteiger partial charge in [0.25, 0.3) is 0 Å². The fraction of sp³-hybridized carbons (Fsp3) is 0.632. The molecule has 1 saturated heterocycles. The van der Waals surface area contributed by atoms with E-state index in [-0.39, 0.29) is 24.1 Å². The number of esters is 1. The van der Waals surface area contributed by atoms with Gasteiger partial charge in [-0.1, -0.05) is 6.07 Å². The first-order valence-corrected chi connectivity index (χ1v) is 8.43. The van der Waals surface area contributed by atoms with Crippen LogP contribution in [0.2, 0.25) is 0 Å². The molecule has 3 rings (SSSR count). The molecule has 1 fully saturated rings. The molecule has 1 aromatic carbocycles. The van der Waals surface area contributed by atoms with Crippen molar-refractivity contribution in [3.05, 3.63) is 28.3 Å². The number of benzene rings is 1. The third kappa shape index (κ3) is 3.37. The largest absolute Gasteiger partial charge is 0.487 e. The van der Waals surface area contributed by atoms with E-state index in [1.165, 1.54) is 22.3 Å². The number of fused-ring (bicyclic) bond motifs is 1. The molecule has 0 spiro atoms. The molecular formula is C19H26O4. The van der Waals surface area contributed by atoms with Crippen LogP contribution >= 0.6 is 0 Å². The van der Waals surface area contributed by atoms with Crippen molar-refractivity contribution in [3.63, 3.8) is 0 Å². The van der Waals surface area contributed by atoms with Gasteiger partial charge in [0, 0.05) is 18.4 Å². The van der Waals surface area contributed by atoms with Crippen LogP contribution in [0, 0.1) is 13.8 Å². The van der Waals surface area contributed by atoms with Crippen molar-refractivity contribution < 1.29 is 19.4 Å². The number of aryl methyl sites for hydroxylation is 2. The number of hydrogen-bond acceptors (Lipinski definition) is 4. The van der Waals surface area contributed by atoms with E-state index in [0.717, 1.165) is 25.0 Å². The van der Waals surface area contributed by atoms with Crippen molar-refractivity contribution in [3.8, 4) is 5.75 Å². The lowest BCUT2D eigenvalue weighted by Gasteiger charge is -2.26. The maximum absolute atomic E-state index is 11.5. The third-order valence-electron chi connectivity index (χ3n) is 4.87. The summed E-state index contributed by atoms with van der Waals surface area (Å²) in [6.45, 7) is 8.48. The summed E-state index contributed by atoms with van der Waals surface area (Å²) in [5.41, 5.74) is 4.86. The number of ether oxygens (including phenoxy) is 2. The zero-order valence-corrected chi connectivity index (χ0v) is 14.4. The molecule has 2 aliphatic heterocycles. The first-order chi connectivity index (χ1) is 10.7. The topological polar surface area (TPSA) is 55.8 Å². The molecule has 0 radical (unpaired) electrons. The van der Waals surface area contributed by atoms with Crippen LogP contribution in [0.25, 0.3) is 0 Å². The zero-order valence-electron chi connectivity index (χ0n) is 14.4. The Balaban J connectivity index is 1.79. The molecule has 2 atom stereocenters. The van der Waals surface area contributed by atoms with Gasteiger partial charge < -0.3 is 14.6 Å². The molecule has 0 unspecified atom stereocenters.